The highest BCUT2D eigenvalue weighted by atomic mass is 79.9. The molecule has 2 aromatic rings. The maximum absolute atomic E-state index is 11.5. The van der Waals surface area contributed by atoms with Gasteiger partial charge in [0.2, 0.25) is 10.0 Å². The molecule has 0 saturated carbocycles. The lowest BCUT2D eigenvalue weighted by Crippen LogP contribution is -2.14. The maximum Gasteiger partial charge on any atom is 0.238 e. The van der Waals surface area contributed by atoms with E-state index in [1.807, 2.05) is 18.2 Å². The Morgan fingerprint density at radius 1 is 1.29 bits per heavy atom. The van der Waals surface area contributed by atoms with E-state index in [-0.39, 0.29) is 4.90 Å². The number of hydrogen-bond donors (Lipinski definition) is 2. The predicted octanol–water partition coefficient (Wildman–Crippen LogP) is 3.67. The number of nitrogens with one attached hydrogen (secondary N) is 1. The van der Waals surface area contributed by atoms with E-state index >= 15 is 0 Å². The van der Waals surface area contributed by atoms with Gasteiger partial charge in [-0.15, -0.1) is 0 Å². The molecular formula is C14H14BrClN2O2S. The number of halogens is 2. The monoisotopic (exact) mass is 388 g/mol. The predicted molar refractivity (Wildman–Crippen MR) is 89.0 cm³/mol. The zero-order chi connectivity index (χ0) is 15.6. The molecule has 0 unspecified atom stereocenters. The molecule has 3 N–H and O–H groups in total. The number of sulfonamides is 1. The topological polar surface area (TPSA) is 72.2 Å². The molecule has 0 spiro atoms. The van der Waals surface area contributed by atoms with Crippen LogP contribution in [0.2, 0.25) is 5.02 Å². The standard InChI is InChI=1S/C14H14BrClN2O2S/c1-9-13(3-2-4-14(9)21(17,19)20)18-8-10-7-11(16)5-6-12(10)15/h2-7,18H,8H2,1H3,(H2,17,19,20). The van der Waals surface area contributed by atoms with E-state index in [9.17, 15) is 8.42 Å². The Morgan fingerprint density at radius 2 is 2.00 bits per heavy atom. The van der Waals surface area contributed by atoms with E-state index < -0.39 is 10.0 Å². The maximum atomic E-state index is 11.5. The summed E-state index contributed by atoms with van der Waals surface area (Å²) in [5.74, 6) is 0. The van der Waals surface area contributed by atoms with Gasteiger partial charge in [0, 0.05) is 21.7 Å². The quantitative estimate of drug-likeness (QED) is 0.838. The van der Waals surface area contributed by atoms with E-state index in [4.69, 9.17) is 16.7 Å². The molecule has 0 fully saturated rings. The average Bonchev–Trinajstić information content (AvgIpc) is 2.40. The Kier molecular flexibility index (Phi) is 4.93. The third kappa shape index (κ3) is 3.97. The highest BCUT2D eigenvalue weighted by Gasteiger charge is 2.13. The van der Waals surface area contributed by atoms with Crippen LogP contribution in [0.4, 0.5) is 5.69 Å². The summed E-state index contributed by atoms with van der Waals surface area (Å²) in [6.07, 6.45) is 0. The normalized spacial score (nSPS) is 11.4. The van der Waals surface area contributed by atoms with Crippen LogP contribution in [0.3, 0.4) is 0 Å². The molecule has 0 heterocycles. The van der Waals surface area contributed by atoms with Gasteiger partial charge < -0.3 is 5.32 Å². The Bertz CT molecular complexity index is 779. The first kappa shape index (κ1) is 16.3. The van der Waals surface area contributed by atoms with Crippen molar-refractivity contribution in [2.75, 3.05) is 5.32 Å². The van der Waals surface area contributed by atoms with E-state index in [1.54, 1.807) is 19.1 Å². The highest BCUT2D eigenvalue weighted by Crippen LogP contribution is 2.25. The van der Waals surface area contributed by atoms with Crippen LogP contribution >= 0.6 is 27.5 Å². The van der Waals surface area contributed by atoms with E-state index in [1.165, 1.54) is 6.07 Å². The second-order valence-electron chi connectivity index (χ2n) is 4.56. The molecule has 4 nitrogen and oxygen atoms in total. The third-order valence-corrected chi connectivity index (χ3v) is 5.13. The van der Waals surface area contributed by atoms with Crippen LogP contribution in [0, 0.1) is 6.92 Å². The summed E-state index contributed by atoms with van der Waals surface area (Å²) in [5, 5.41) is 9.04. The molecule has 0 aliphatic rings. The molecule has 2 aromatic carbocycles. The van der Waals surface area contributed by atoms with E-state index in [0.717, 1.165) is 10.0 Å². The zero-order valence-corrected chi connectivity index (χ0v) is 14.4. The van der Waals surface area contributed by atoms with Crippen LogP contribution in [-0.4, -0.2) is 8.42 Å². The summed E-state index contributed by atoms with van der Waals surface area (Å²) in [7, 11) is -3.72. The van der Waals surface area contributed by atoms with Gasteiger partial charge in [-0.25, -0.2) is 13.6 Å². The van der Waals surface area contributed by atoms with Crippen molar-refractivity contribution >= 4 is 43.2 Å². The Hall–Kier alpha value is -1.08. The first-order valence-electron chi connectivity index (χ1n) is 6.09. The number of hydrogen-bond acceptors (Lipinski definition) is 3. The van der Waals surface area contributed by atoms with Crippen LogP contribution in [-0.2, 0) is 16.6 Å². The van der Waals surface area contributed by atoms with Gasteiger partial charge in [-0.3, -0.25) is 0 Å². The van der Waals surface area contributed by atoms with Crippen molar-refractivity contribution < 1.29 is 8.42 Å². The van der Waals surface area contributed by atoms with Crippen LogP contribution in [0.5, 0.6) is 0 Å². The molecule has 0 atom stereocenters. The molecule has 0 radical (unpaired) electrons. The first-order valence-corrected chi connectivity index (χ1v) is 8.81. The Morgan fingerprint density at radius 3 is 2.67 bits per heavy atom. The fourth-order valence-corrected chi connectivity index (χ4v) is 3.37. The number of primary sulfonamides is 1. The third-order valence-electron chi connectivity index (χ3n) is 3.07. The van der Waals surface area contributed by atoms with Gasteiger partial charge >= 0.3 is 0 Å². The summed E-state index contributed by atoms with van der Waals surface area (Å²) >= 11 is 9.42. The Balaban J connectivity index is 2.27. The van der Waals surface area contributed by atoms with Gasteiger partial charge in [0.1, 0.15) is 0 Å². The molecule has 0 bridgehead atoms. The molecule has 21 heavy (non-hydrogen) atoms. The minimum absolute atomic E-state index is 0.123. The molecule has 112 valence electrons. The molecule has 0 amide bonds. The molecule has 2 rings (SSSR count). The minimum Gasteiger partial charge on any atom is -0.381 e. The van der Waals surface area contributed by atoms with Gasteiger partial charge in [-0.2, -0.15) is 0 Å². The van der Waals surface area contributed by atoms with Crippen LogP contribution in [0.25, 0.3) is 0 Å². The summed E-state index contributed by atoms with van der Waals surface area (Å²) in [4.78, 5) is 0.123. The summed E-state index contributed by atoms with van der Waals surface area (Å²) in [6, 6.07) is 10.5. The van der Waals surface area contributed by atoms with Gasteiger partial charge in [0.05, 0.1) is 4.90 Å². The van der Waals surface area contributed by atoms with Crippen molar-refractivity contribution in [1.82, 2.24) is 0 Å². The van der Waals surface area contributed by atoms with Gasteiger partial charge in [-0.1, -0.05) is 33.6 Å². The second-order valence-corrected chi connectivity index (χ2v) is 7.38. The van der Waals surface area contributed by atoms with E-state index in [0.29, 0.717) is 22.8 Å². The SMILES string of the molecule is Cc1c(NCc2cc(Cl)ccc2Br)cccc1S(N)(=O)=O. The summed E-state index contributed by atoms with van der Waals surface area (Å²) < 4.78 is 23.9. The lowest BCUT2D eigenvalue weighted by atomic mass is 10.1. The van der Waals surface area contributed by atoms with Crippen molar-refractivity contribution in [2.24, 2.45) is 5.14 Å². The van der Waals surface area contributed by atoms with Gasteiger partial charge in [-0.05, 0) is 48.4 Å². The van der Waals surface area contributed by atoms with Gasteiger partial charge in [0.15, 0.2) is 0 Å². The first-order chi connectivity index (χ1) is 9.79. The lowest BCUT2D eigenvalue weighted by Gasteiger charge is -2.13. The van der Waals surface area contributed by atoms with Gasteiger partial charge in [0.25, 0.3) is 0 Å². The fourth-order valence-electron chi connectivity index (χ4n) is 1.98. The molecule has 7 heteroatoms. The molecular weight excluding hydrogens is 376 g/mol. The minimum atomic E-state index is -3.72. The number of nitrogens with two attached hydrogens (primary N) is 1. The number of anilines is 1. The smallest absolute Gasteiger partial charge is 0.238 e. The molecule has 0 aliphatic carbocycles. The van der Waals surface area contributed by atoms with Crippen molar-refractivity contribution in [2.45, 2.75) is 18.4 Å². The molecule has 0 aromatic heterocycles. The molecule has 0 aliphatic heterocycles. The van der Waals surface area contributed by atoms with Crippen molar-refractivity contribution in [3.63, 3.8) is 0 Å². The fraction of sp³-hybridized carbons (Fsp3) is 0.143. The van der Waals surface area contributed by atoms with Crippen molar-refractivity contribution in [3.8, 4) is 0 Å². The van der Waals surface area contributed by atoms with Crippen molar-refractivity contribution in [1.29, 1.82) is 0 Å². The number of rotatable bonds is 4. The average molecular weight is 390 g/mol. The Labute approximate surface area is 137 Å². The summed E-state index contributed by atoms with van der Waals surface area (Å²) in [5.41, 5.74) is 2.29. The second kappa shape index (κ2) is 6.36. The number of benzene rings is 2. The highest BCUT2D eigenvalue weighted by molar-refractivity contribution is 9.10. The van der Waals surface area contributed by atoms with Crippen LogP contribution < -0.4 is 10.5 Å². The summed E-state index contributed by atoms with van der Waals surface area (Å²) in [6.45, 7) is 2.23. The van der Waals surface area contributed by atoms with E-state index in [2.05, 4.69) is 21.2 Å². The largest absolute Gasteiger partial charge is 0.381 e. The van der Waals surface area contributed by atoms with Crippen LogP contribution in [0.15, 0.2) is 45.8 Å². The lowest BCUT2D eigenvalue weighted by molar-refractivity contribution is 0.597. The van der Waals surface area contributed by atoms with Crippen molar-refractivity contribution in [3.05, 3.63) is 57.0 Å². The van der Waals surface area contributed by atoms with Crippen LogP contribution in [0.1, 0.15) is 11.1 Å². The zero-order valence-electron chi connectivity index (χ0n) is 11.2. The molecule has 0 saturated heterocycles.